The molecule has 0 saturated carbocycles. The Morgan fingerprint density at radius 2 is 1.68 bits per heavy atom. The fourth-order valence-corrected chi connectivity index (χ4v) is 1.85. The lowest BCUT2D eigenvalue weighted by Gasteiger charge is -2.03. The summed E-state index contributed by atoms with van der Waals surface area (Å²) in [6.45, 7) is 2.67. The third-order valence-electron chi connectivity index (χ3n) is 2.92. The molecule has 98 valence electrons. The molecule has 0 aliphatic rings. The first kappa shape index (κ1) is 13.6. The number of rotatable bonds is 4. The van der Waals surface area contributed by atoms with Crippen molar-refractivity contribution < 1.29 is 4.74 Å². The van der Waals surface area contributed by atoms with Crippen molar-refractivity contribution in [2.75, 3.05) is 7.11 Å². The van der Waals surface area contributed by atoms with Gasteiger partial charge in [0.2, 0.25) is 0 Å². The molecule has 0 heterocycles. The quantitative estimate of drug-likeness (QED) is 0.759. The molecule has 0 bridgehead atoms. The number of ether oxygens (including phenoxy) is 1. The van der Waals surface area contributed by atoms with E-state index in [-0.39, 0.29) is 0 Å². The second-order valence-corrected chi connectivity index (χ2v) is 4.69. The predicted molar refractivity (Wildman–Crippen MR) is 80.4 cm³/mol. The molecule has 2 nitrogen and oxygen atoms in total. The number of aliphatic imine (C=N–C) groups is 1. The highest BCUT2D eigenvalue weighted by Gasteiger charge is 1.98. The molecule has 3 heteroatoms. The van der Waals surface area contributed by atoms with Gasteiger partial charge in [0.15, 0.2) is 0 Å². The minimum atomic E-state index is 0.665. The van der Waals surface area contributed by atoms with E-state index >= 15 is 0 Å². The fraction of sp³-hybridized carbons (Fsp3) is 0.188. The number of benzene rings is 2. The summed E-state index contributed by atoms with van der Waals surface area (Å²) in [4.78, 5) is 4.58. The molecule has 2 rings (SSSR count). The molecule has 0 radical (unpaired) electrons. The van der Waals surface area contributed by atoms with Gasteiger partial charge in [-0.1, -0.05) is 35.9 Å². The molecule has 2 aromatic carbocycles. The third kappa shape index (κ3) is 3.83. The molecule has 0 saturated heterocycles. The summed E-state index contributed by atoms with van der Waals surface area (Å²) in [6, 6.07) is 15.7. The van der Waals surface area contributed by atoms with Crippen molar-refractivity contribution in [3.8, 4) is 5.75 Å². The van der Waals surface area contributed by atoms with Gasteiger partial charge in [0.05, 0.1) is 13.7 Å². The number of halogens is 1. The van der Waals surface area contributed by atoms with Crippen LogP contribution < -0.4 is 4.74 Å². The van der Waals surface area contributed by atoms with Crippen LogP contribution in [0.1, 0.15) is 18.1 Å². The van der Waals surface area contributed by atoms with E-state index in [1.807, 2.05) is 55.5 Å². The van der Waals surface area contributed by atoms with E-state index in [0.29, 0.717) is 6.54 Å². The van der Waals surface area contributed by atoms with Crippen LogP contribution in [0.3, 0.4) is 0 Å². The van der Waals surface area contributed by atoms with E-state index in [1.54, 1.807) is 7.11 Å². The molecule has 0 aromatic heterocycles. The molecule has 0 atom stereocenters. The van der Waals surface area contributed by atoms with Crippen molar-refractivity contribution in [3.05, 3.63) is 64.7 Å². The molecular formula is C16H16ClNO. The van der Waals surface area contributed by atoms with Crippen molar-refractivity contribution >= 4 is 17.3 Å². The molecule has 0 fully saturated rings. The second kappa shape index (κ2) is 6.39. The van der Waals surface area contributed by atoms with Crippen molar-refractivity contribution in [3.63, 3.8) is 0 Å². The molecule has 0 aliphatic carbocycles. The molecule has 0 unspecified atom stereocenters. The van der Waals surface area contributed by atoms with Crippen molar-refractivity contribution in [1.29, 1.82) is 0 Å². The Morgan fingerprint density at radius 3 is 2.26 bits per heavy atom. The van der Waals surface area contributed by atoms with E-state index in [4.69, 9.17) is 16.3 Å². The van der Waals surface area contributed by atoms with Gasteiger partial charge in [0.25, 0.3) is 0 Å². The van der Waals surface area contributed by atoms with Gasteiger partial charge in [-0.25, -0.2) is 0 Å². The Labute approximate surface area is 118 Å². The summed E-state index contributed by atoms with van der Waals surface area (Å²) in [5.74, 6) is 0.863. The first-order valence-corrected chi connectivity index (χ1v) is 6.47. The maximum absolute atomic E-state index is 5.87. The monoisotopic (exact) mass is 273 g/mol. The topological polar surface area (TPSA) is 21.6 Å². The molecule has 2 aromatic rings. The van der Waals surface area contributed by atoms with Crippen LogP contribution in [0.5, 0.6) is 5.75 Å². The van der Waals surface area contributed by atoms with Crippen LogP contribution in [0.4, 0.5) is 0 Å². The first-order chi connectivity index (χ1) is 9.19. The standard InChI is InChI=1S/C16H16ClNO/c1-12(14-5-7-15(17)8-6-14)18-11-13-3-9-16(19-2)10-4-13/h3-10H,11H2,1-2H3. The average molecular weight is 274 g/mol. The van der Waals surface area contributed by atoms with Crippen LogP contribution in [-0.4, -0.2) is 12.8 Å². The van der Waals surface area contributed by atoms with Gasteiger partial charge in [-0.15, -0.1) is 0 Å². The van der Waals surface area contributed by atoms with E-state index in [0.717, 1.165) is 27.6 Å². The van der Waals surface area contributed by atoms with Crippen LogP contribution in [0.25, 0.3) is 0 Å². The van der Waals surface area contributed by atoms with Crippen LogP contribution in [-0.2, 0) is 6.54 Å². The van der Waals surface area contributed by atoms with Crippen LogP contribution >= 0.6 is 11.6 Å². The molecule has 0 amide bonds. The molecule has 19 heavy (non-hydrogen) atoms. The van der Waals surface area contributed by atoms with Crippen molar-refractivity contribution in [1.82, 2.24) is 0 Å². The molecule has 0 spiro atoms. The molecular weight excluding hydrogens is 258 g/mol. The number of hydrogen-bond donors (Lipinski definition) is 0. The zero-order chi connectivity index (χ0) is 13.7. The van der Waals surface area contributed by atoms with Crippen LogP contribution in [0, 0.1) is 0 Å². The zero-order valence-electron chi connectivity index (χ0n) is 11.1. The van der Waals surface area contributed by atoms with Gasteiger partial charge in [-0.2, -0.15) is 0 Å². The van der Waals surface area contributed by atoms with Gasteiger partial charge in [-0.3, -0.25) is 4.99 Å². The fourth-order valence-electron chi connectivity index (χ4n) is 1.72. The highest BCUT2D eigenvalue weighted by molar-refractivity contribution is 6.30. The lowest BCUT2D eigenvalue weighted by atomic mass is 10.1. The van der Waals surface area contributed by atoms with E-state index < -0.39 is 0 Å². The van der Waals surface area contributed by atoms with E-state index in [2.05, 4.69) is 4.99 Å². The highest BCUT2D eigenvalue weighted by Crippen LogP contribution is 2.13. The Bertz CT molecular complexity index is 558. The summed E-state index contributed by atoms with van der Waals surface area (Å²) in [5.41, 5.74) is 3.26. The lowest BCUT2D eigenvalue weighted by Crippen LogP contribution is -1.95. The van der Waals surface area contributed by atoms with Crippen LogP contribution in [0.15, 0.2) is 53.5 Å². The maximum Gasteiger partial charge on any atom is 0.118 e. The minimum absolute atomic E-state index is 0.665. The predicted octanol–water partition coefficient (Wildman–Crippen LogP) is 4.36. The third-order valence-corrected chi connectivity index (χ3v) is 3.17. The highest BCUT2D eigenvalue weighted by atomic mass is 35.5. The number of nitrogens with zero attached hydrogens (tertiary/aromatic N) is 1. The van der Waals surface area contributed by atoms with Crippen molar-refractivity contribution in [2.24, 2.45) is 4.99 Å². The Morgan fingerprint density at radius 1 is 1.05 bits per heavy atom. The summed E-state index contributed by atoms with van der Waals surface area (Å²) in [6.07, 6.45) is 0. The average Bonchev–Trinajstić information content (AvgIpc) is 2.46. The number of methoxy groups -OCH3 is 1. The first-order valence-electron chi connectivity index (χ1n) is 6.09. The Kier molecular flexibility index (Phi) is 4.58. The van der Waals surface area contributed by atoms with Gasteiger partial charge < -0.3 is 4.74 Å². The van der Waals surface area contributed by atoms with Gasteiger partial charge in [0.1, 0.15) is 5.75 Å². The normalized spacial score (nSPS) is 11.4. The summed E-state index contributed by atoms with van der Waals surface area (Å²) in [5, 5.41) is 0.742. The summed E-state index contributed by atoms with van der Waals surface area (Å²) in [7, 11) is 1.66. The largest absolute Gasteiger partial charge is 0.497 e. The summed E-state index contributed by atoms with van der Waals surface area (Å²) >= 11 is 5.87. The van der Waals surface area contributed by atoms with E-state index in [9.17, 15) is 0 Å². The summed E-state index contributed by atoms with van der Waals surface area (Å²) < 4.78 is 5.13. The molecule has 0 N–H and O–H groups in total. The maximum atomic E-state index is 5.87. The zero-order valence-corrected chi connectivity index (χ0v) is 11.8. The smallest absolute Gasteiger partial charge is 0.118 e. The Hall–Kier alpha value is -1.80. The Balaban J connectivity index is 2.06. The van der Waals surface area contributed by atoms with Crippen LogP contribution in [0.2, 0.25) is 5.02 Å². The molecule has 0 aliphatic heterocycles. The van der Waals surface area contributed by atoms with Gasteiger partial charge >= 0.3 is 0 Å². The van der Waals surface area contributed by atoms with Crippen molar-refractivity contribution in [2.45, 2.75) is 13.5 Å². The lowest BCUT2D eigenvalue weighted by molar-refractivity contribution is 0.414. The number of hydrogen-bond acceptors (Lipinski definition) is 2. The minimum Gasteiger partial charge on any atom is -0.497 e. The SMILES string of the molecule is COc1ccc(CN=C(C)c2ccc(Cl)cc2)cc1. The van der Waals surface area contributed by atoms with E-state index in [1.165, 1.54) is 0 Å². The van der Waals surface area contributed by atoms with Gasteiger partial charge in [-0.05, 0) is 42.3 Å². The van der Waals surface area contributed by atoms with Gasteiger partial charge in [0, 0.05) is 10.7 Å². The second-order valence-electron chi connectivity index (χ2n) is 4.26.